The van der Waals surface area contributed by atoms with Crippen molar-refractivity contribution in [1.29, 1.82) is 0 Å². The second-order valence-electron chi connectivity index (χ2n) is 11.5. The number of benzene rings is 3. The van der Waals surface area contributed by atoms with E-state index in [-0.39, 0.29) is 11.9 Å². The van der Waals surface area contributed by atoms with E-state index in [1.807, 2.05) is 91.9 Å². The number of rotatable bonds is 9. The Balaban J connectivity index is 1.22. The standard InChI is InChI=1S/C36H32FN7O/c1-44(2)20-31(38)24-12-25(14-27(37)13-24)35-30-17-34(41-32(30)10-11-40-35)36-29-16-23(8-9-33(29)42-43-36)26-15-28(19-39-18-26)45-21-22-6-4-3-5-7-22/h3-19,31,41H,20-21,38H2,1-2H3,(H,42,43). The average Bonchev–Trinajstić information content (AvgIpc) is 3.68. The van der Waals surface area contributed by atoms with Crippen molar-refractivity contribution in [3.05, 3.63) is 120 Å². The van der Waals surface area contributed by atoms with E-state index in [1.54, 1.807) is 12.4 Å². The highest BCUT2D eigenvalue weighted by Crippen LogP contribution is 2.35. The normalized spacial score (nSPS) is 12.3. The van der Waals surface area contributed by atoms with Gasteiger partial charge in [0.2, 0.25) is 0 Å². The third-order valence-electron chi connectivity index (χ3n) is 7.84. The van der Waals surface area contributed by atoms with E-state index in [4.69, 9.17) is 10.5 Å². The summed E-state index contributed by atoms with van der Waals surface area (Å²) < 4.78 is 20.8. The van der Waals surface area contributed by atoms with Crippen molar-refractivity contribution in [3.8, 4) is 39.5 Å². The summed E-state index contributed by atoms with van der Waals surface area (Å²) in [6.45, 7) is 1.07. The number of pyridine rings is 2. The molecule has 3 aromatic carbocycles. The Morgan fingerprint density at radius 1 is 0.844 bits per heavy atom. The zero-order chi connectivity index (χ0) is 30.9. The van der Waals surface area contributed by atoms with Crippen LogP contribution in [0.25, 0.3) is 55.6 Å². The number of hydrogen-bond donors (Lipinski definition) is 3. The molecule has 4 aromatic heterocycles. The number of aromatic nitrogens is 5. The minimum atomic E-state index is -0.346. The minimum Gasteiger partial charge on any atom is -0.487 e. The van der Waals surface area contributed by atoms with Crippen LogP contribution in [0, 0.1) is 5.82 Å². The highest BCUT2D eigenvalue weighted by atomic mass is 19.1. The number of aromatic amines is 2. The number of nitrogens with zero attached hydrogens (tertiary/aromatic N) is 4. The Hall–Kier alpha value is -5.38. The van der Waals surface area contributed by atoms with Crippen LogP contribution < -0.4 is 10.5 Å². The monoisotopic (exact) mass is 597 g/mol. The summed E-state index contributed by atoms with van der Waals surface area (Å²) in [6.07, 6.45) is 5.28. The molecule has 1 atom stereocenters. The Labute approximate surface area is 259 Å². The van der Waals surface area contributed by atoms with Gasteiger partial charge in [-0.05, 0) is 79.3 Å². The fourth-order valence-electron chi connectivity index (χ4n) is 5.67. The van der Waals surface area contributed by atoms with Crippen molar-refractivity contribution in [2.24, 2.45) is 5.73 Å². The summed E-state index contributed by atoms with van der Waals surface area (Å²) in [4.78, 5) is 14.6. The zero-order valence-electron chi connectivity index (χ0n) is 25.0. The van der Waals surface area contributed by atoms with E-state index < -0.39 is 0 Å². The quantitative estimate of drug-likeness (QED) is 0.164. The Bertz CT molecular complexity index is 2120. The third kappa shape index (κ3) is 5.91. The van der Waals surface area contributed by atoms with E-state index in [0.29, 0.717) is 30.2 Å². The first-order chi connectivity index (χ1) is 21.9. The van der Waals surface area contributed by atoms with Crippen molar-refractivity contribution in [2.75, 3.05) is 20.6 Å². The molecule has 0 radical (unpaired) electrons. The predicted octanol–water partition coefficient (Wildman–Crippen LogP) is 7.11. The molecule has 7 rings (SSSR count). The molecule has 0 aliphatic rings. The molecule has 1 unspecified atom stereocenters. The summed E-state index contributed by atoms with van der Waals surface area (Å²) >= 11 is 0. The number of hydrogen-bond acceptors (Lipinski definition) is 6. The molecule has 0 aliphatic carbocycles. The second-order valence-corrected chi connectivity index (χ2v) is 11.5. The summed E-state index contributed by atoms with van der Waals surface area (Å²) in [5.74, 6) is 0.351. The van der Waals surface area contributed by atoms with Gasteiger partial charge in [-0.3, -0.25) is 15.1 Å². The SMILES string of the molecule is CN(C)CC(N)c1cc(F)cc(-c2nccc3[nH]c(-c4n[nH]c5ccc(-c6cncc(OCc7ccccc7)c6)cc45)cc23)c1. The summed E-state index contributed by atoms with van der Waals surface area (Å²) in [5, 5.41) is 9.63. The van der Waals surface area contributed by atoms with Crippen LogP contribution >= 0.6 is 0 Å². The highest BCUT2D eigenvalue weighted by molar-refractivity contribution is 6.00. The van der Waals surface area contributed by atoms with Gasteiger partial charge in [0.15, 0.2) is 0 Å². The molecule has 45 heavy (non-hydrogen) atoms. The predicted molar refractivity (Wildman–Crippen MR) is 176 cm³/mol. The summed E-state index contributed by atoms with van der Waals surface area (Å²) in [6, 6.07) is 26.7. The lowest BCUT2D eigenvalue weighted by Crippen LogP contribution is -2.26. The van der Waals surface area contributed by atoms with Gasteiger partial charge in [0, 0.05) is 52.4 Å². The van der Waals surface area contributed by atoms with E-state index in [2.05, 4.69) is 31.2 Å². The average molecular weight is 598 g/mol. The van der Waals surface area contributed by atoms with Crippen LogP contribution in [0.5, 0.6) is 5.75 Å². The van der Waals surface area contributed by atoms with Crippen LogP contribution in [-0.4, -0.2) is 50.7 Å². The molecular weight excluding hydrogens is 565 g/mol. The third-order valence-corrected chi connectivity index (χ3v) is 7.84. The van der Waals surface area contributed by atoms with Crippen LogP contribution in [0.2, 0.25) is 0 Å². The maximum Gasteiger partial charge on any atom is 0.138 e. The lowest BCUT2D eigenvalue weighted by Gasteiger charge is -2.18. The molecule has 0 bridgehead atoms. The first kappa shape index (κ1) is 28.4. The van der Waals surface area contributed by atoms with Crippen LogP contribution in [-0.2, 0) is 6.61 Å². The van der Waals surface area contributed by atoms with E-state index >= 15 is 0 Å². The van der Waals surface area contributed by atoms with E-state index in [9.17, 15) is 4.39 Å². The molecule has 4 heterocycles. The summed E-state index contributed by atoms with van der Waals surface area (Å²) in [7, 11) is 3.89. The van der Waals surface area contributed by atoms with Crippen molar-refractivity contribution in [1.82, 2.24) is 30.0 Å². The first-order valence-corrected chi connectivity index (χ1v) is 14.7. The van der Waals surface area contributed by atoms with Crippen LogP contribution in [0.15, 0.2) is 104 Å². The van der Waals surface area contributed by atoms with Gasteiger partial charge >= 0.3 is 0 Å². The number of halogens is 1. The molecule has 9 heteroatoms. The molecular formula is C36H32FN7O. The summed E-state index contributed by atoms with van der Waals surface area (Å²) in [5.41, 5.74) is 14.8. The lowest BCUT2D eigenvalue weighted by atomic mass is 10.00. The molecule has 0 spiro atoms. The van der Waals surface area contributed by atoms with Gasteiger partial charge in [-0.25, -0.2) is 4.39 Å². The van der Waals surface area contributed by atoms with Crippen molar-refractivity contribution in [2.45, 2.75) is 12.6 Å². The lowest BCUT2D eigenvalue weighted by molar-refractivity contribution is 0.305. The van der Waals surface area contributed by atoms with Gasteiger partial charge in [-0.1, -0.05) is 36.4 Å². The smallest absolute Gasteiger partial charge is 0.138 e. The molecule has 7 aromatic rings. The Kier molecular flexibility index (Phi) is 7.54. The molecule has 0 saturated heterocycles. The Morgan fingerprint density at radius 2 is 1.69 bits per heavy atom. The Morgan fingerprint density at radius 3 is 2.53 bits per heavy atom. The fraction of sp³-hybridized carbons (Fsp3) is 0.139. The first-order valence-electron chi connectivity index (χ1n) is 14.7. The topological polar surface area (TPSA) is 109 Å². The van der Waals surface area contributed by atoms with Crippen LogP contribution in [0.4, 0.5) is 4.39 Å². The van der Waals surface area contributed by atoms with Gasteiger partial charge in [-0.15, -0.1) is 0 Å². The van der Waals surface area contributed by atoms with Gasteiger partial charge in [0.1, 0.15) is 23.9 Å². The zero-order valence-corrected chi connectivity index (χ0v) is 25.0. The van der Waals surface area contributed by atoms with Crippen LogP contribution in [0.1, 0.15) is 17.2 Å². The second kappa shape index (κ2) is 12.0. The molecule has 8 nitrogen and oxygen atoms in total. The van der Waals surface area contributed by atoms with Gasteiger partial charge in [-0.2, -0.15) is 5.10 Å². The fourth-order valence-corrected chi connectivity index (χ4v) is 5.67. The van der Waals surface area contributed by atoms with Gasteiger partial charge in [0.05, 0.1) is 23.1 Å². The van der Waals surface area contributed by atoms with Crippen molar-refractivity contribution < 1.29 is 9.13 Å². The van der Waals surface area contributed by atoms with E-state index in [1.165, 1.54) is 12.1 Å². The number of nitrogens with two attached hydrogens (primary N) is 1. The van der Waals surface area contributed by atoms with Crippen molar-refractivity contribution >= 4 is 21.8 Å². The molecule has 224 valence electrons. The number of fused-ring (bicyclic) bond motifs is 2. The maximum absolute atomic E-state index is 14.8. The minimum absolute atomic E-state index is 0.327. The molecule has 4 N–H and O–H groups in total. The van der Waals surface area contributed by atoms with Gasteiger partial charge < -0.3 is 20.4 Å². The van der Waals surface area contributed by atoms with Gasteiger partial charge in [0.25, 0.3) is 0 Å². The maximum atomic E-state index is 14.8. The molecule has 0 aliphatic heterocycles. The molecule has 0 amide bonds. The number of nitrogens with one attached hydrogen (secondary N) is 2. The molecule has 0 saturated carbocycles. The largest absolute Gasteiger partial charge is 0.487 e. The highest BCUT2D eigenvalue weighted by Gasteiger charge is 2.17. The number of ether oxygens (including phenoxy) is 1. The van der Waals surface area contributed by atoms with E-state index in [0.717, 1.165) is 55.4 Å². The number of likely N-dealkylation sites (N-methyl/N-ethyl adjacent to an activating group) is 1. The van der Waals surface area contributed by atoms with Crippen molar-refractivity contribution in [3.63, 3.8) is 0 Å². The molecule has 0 fully saturated rings. The van der Waals surface area contributed by atoms with Crippen LogP contribution in [0.3, 0.4) is 0 Å². The number of H-pyrrole nitrogens is 2.